The molecule has 2 atom stereocenters. The molecule has 1 aromatic rings. The molecule has 0 aromatic heterocycles. The Hall–Kier alpha value is -1.72. The zero-order valence-corrected chi connectivity index (χ0v) is 9.53. The number of benzene rings is 1. The quantitative estimate of drug-likeness (QED) is 0.784. The Morgan fingerprint density at radius 3 is 2.61 bits per heavy atom. The van der Waals surface area contributed by atoms with Crippen molar-refractivity contribution in [3.05, 3.63) is 29.8 Å². The standard InChI is InChI=1S/C12H11F3O3/c1-17-11(16)9-6-8(9)7-4-2-3-5-10(7)18-12(13,14)15/h2-5,8-9H,6H2,1H3. The molecule has 98 valence electrons. The molecule has 1 aliphatic rings. The van der Waals surface area contributed by atoms with E-state index in [0.29, 0.717) is 12.0 Å². The van der Waals surface area contributed by atoms with Crippen LogP contribution >= 0.6 is 0 Å². The molecule has 6 heteroatoms. The lowest BCUT2D eigenvalue weighted by molar-refractivity contribution is -0.274. The van der Waals surface area contributed by atoms with Crippen molar-refractivity contribution in [2.24, 2.45) is 5.92 Å². The maximum Gasteiger partial charge on any atom is 0.573 e. The van der Waals surface area contributed by atoms with Gasteiger partial charge in [-0.25, -0.2) is 0 Å². The van der Waals surface area contributed by atoms with Crippen LogP contribution in [0.15, 0.2) is 24.3 Å². The zero-order valence-electron chi connectivity index (χ0n) is 9.53. The maximum atomic E-state index is 12.2. The van der Waals surface area contributed by atoms with Crippen LogP contribution in [0.25, 0.3) is 0 Å². The third-order valence-corrected chi connectivity index (χ3v) is 2.84. The van der Waals surface area contributed by atoms with Crippen molar-refractivity contribution in [2.75, 3.05) is 7.11 Å². The second kappa shape index (κ2) is 4.51. The summed E-state index contributed by atoms with van der Waals surface area (Å²) in [6.45, 7) is 0. The molecule has 0 heterocycles. The van der Waals surface area contributed by atoms with Crippen molar-refractivity contribution in [2.45, 2.75) is 18.7 Å². The van der Waals surface area contributed by atoms with Gasteiger partial charge in [-0.2, -0.15) is 0 Å². The first kappa shape index (κ1) is 12.7. The van der Waals surface area contributed by atoms with Gasteiger partial charge in [0, 0.05) is 5.92 Å². The van der Waals surface area contributed by atoms with Gasteiger partial charge >= 0.3 is 12.3 Å². The highest BCUT2D eigenvalue weighted by Crippen LogP contribution is 2.51. The number of carbonyl (C=O) groups is 1. The fourth-order valence-corrected chi connectivity index (χ4v) is 1.96. The van der Waals surface area contributed by atoms with Crippen LogP contribution < -0.4 is 4.74 Å². The molecule has 1 aromatic carbocycles. The lowest BCUT2D eigenvalue weighted by atomic mass is 10.1. The molecule has 0 aliphatic heterocycles. The summed E-state index contributed by atoms with van der Waals surface area (Å²) in [4.78, 5) is 11.3. The number of hydrogen-bond acceptors (Lipinski definition) is 3. The molecule has 0 bridgehead atoms. The maximum absolute atomic E-state index is 12.2. The van der Waals surface area contributed by atoms with Crippen LogP contribution in [0.1, 0.15) is 17.9 Å². The van der Waals surface area contributed by atoms with Crippen LogP contribution in [0.3, 0.4) is 0 Å². The summed E-state index contributed by atoms with van der Waals surface area (Å²) in [5.74, 6) is -1.27. The first-order chi connectivity index (χ1) is 8.42. The van der Waals surface area contributed by atoms with Gasteiger partial charge in [-0.1, -0.05) is 18.2 Å². The van der Waals surface area contributed by atoms with Gasteiger partial charge in [0.25, 0.3) is 0 Å². The van der Waals surface area contributed by atoms with E-state index in [0.717, 1.165) is 0 Å². The van der Waals surface area contributed by atoms with Gasteiger partial charge < -0.3 is 9.47 Å². The second-order valence-electron chi connectivity index (χ2n) is 4.06. The lowest BCUT2D eigenvalue weighted by Crippen LogP contribution is -2.18. The van der Waals surface area contributed by atoms with E-state index in [1.54, 1.807) is 6.07 Å². The number of ether oxygens (including phenoxy) is 2. The van der Waals surface area contributed by atoms with Crippen molar-refractivity contribution in [1.29, 1.82) is 0 Å². The highest BCUT2D eigenvalue weighted by Gasteiger charge is 2.47. The minimum absolute atomic E-state index is 0.249. The minimum Gasteiger partial charge on any atom is -0.469 e. The molecule has 0 saturated heterocycles. The first-order valence-electron chi connectivity index (χ1n) is 5.35. The molecule has 0 N–H and O–H groups in total. The molecular weight excluding hydrogens is 249 g/mol. The average Bonchev–Trinajstić information content (AvgIpc) is 3.06. The summed E-state index contributed by atoms with van der Waals surface area (Å²) in [7, 11) is 1.26. The monoisotopic (exact) mass is 260 g/mol. The highest BCUT2D eigenvalue weighted by molar-refractivity contribution is 5.77. The number of halogens is 3. The van der Waals surface area contributed by atoms with Gasteiger partial charge in [0.1, 0.15) is 5.75 Å². The van der Waals surface area contributed by atoms with E-state index >= 15 is 0 Å². The summed E-state index contributed by atoms with van der Waals surface area (Å²) in [5, 5.41) is 0. The summed E-state index contributed by atoms with van der Waals surface area (Å²) < 4.78 is 45.1. The smallest absolute Gasteiger partial charge is 0.469 e. The van der Waals surface area contributed by atoms with Gasteiger partial charge in [-0.15, -0.1) is 13.2 Å². The molecule has 0 amide bonds. The number of para-hydroxylation sites is 1. The summed E-state index contributed by atoms with van der Waals surface area (Å²) >= 11 is 0. The van der Waals surface area contributed by atoms with E-state index in [-0.39, 0.29) is 17.6 Å². The van der Waals surface area contributed by atoms with Crippen molar-refractivity contribution in [3.63, 3.8) is 0 Å². The van der Waals surface area contributed by atoms with Crippen LogP contribution in [-0.4, -0.2) is 19.4 Å². The summed E-state index contributed by atoms with van der Waals surface area (Å²) in [5.41, 5.74) is 0.394. The molecular formula is C12H11F3O3. The topological polar surface area (TPSA) is 35.5 Å². The first-order valence-corrected chi connectivity index (χ1v) is 5.35. The van der Waals surface area contributed by atoms with Gasteiger partial charge in [-0.05, 0) is 18.1 Å². The summed E-state index contributed by atoms with van der Waals surface area (Å²) in [6, 6.07) is 5.86. The van der Waals surface area contributed by atoms with Crippen molar-refractivity contribution in [1.82, 2.24) is 0 Å². The highest BCUT2D eigenvalue weighted by atomic mass is 19.4. The number of alkyl halides is 3. The molecule has 1 fully saturated rings. The Bertz CT molecular complexity index is 456. The largest absolute Gasteiger partial charge is 0.573 e. The molecule has 2 unspecified atom stereocenters. The van der Waals surface area contributed by atoms with Crippen LogP contribution in [0.5, 0.6) is 5.75 Å². The molecule has 1 aliphatic carbocycles. The zero-order chi connectivity index (χ0) is 13.3. The van der Waals surface area contributed by atoms with Crippen LogP contribution in [0, 0.1) is 5.92 Å². The molecule has 3 nitrogen and oxygen atoms in total. The van der Waals surface area contributed by atoms with E-state index < -0.39 is 12.3 Å². The summed E-state index contributed by atoms with van der Waals surface area (Å²) in [6.07, 6.45) is -4.24. The van der Waals surface area contributed by atoms with Crippen molar-refractivity contribution >= 4 is 5.97 Å². The van der Waals surface area contributed by atoms with Crippen molar-refractivity contribution in [3.8, 4) is 5.75 Å². The number of esters is 1. The Kier molecular flexibility index (Phi) is 3.19. The van der Waals surface area contributed by atoms with Crippen LogP contribution in [0.4, 0.5) is 13.2 Å². The third kappa shape index (κ3) is 2.75. The molecule has 18 heavy (non-hydrogen) atoms. The molecule has 0 spiro atoms. The van der Waals surface area contributed by atoms with Gasteiger partial charge in [0.2, 0.25) is 0 Å². The van der Waals surface area contributed by atoms with E-state index in [2.05, 4.69) is 9.47 Å². The van der Waals surface area contributed by atoms with Crippen LogP contribution in [-0.2, 0) is 9.53 Å². The molecule has 2 rings (SSSR count). The average molecular weight is 260 g/mol. The Balaban J connectivity index is 2.17. The Morgan fingerprint density at radius 2 is 2.00 bits per heavy atom. The SMILES string of the molecule is COC(=O)C1CC1c1ccccc1OC(F)(F)F. The normalized spacial score (nSPS) is 22.4. The number of carbonyl (C=O) groups excluding carboxylic acids is 1. The minimum atomic E-state index is -4.73. The van der Waals surface area contributed by atoms with E-state index in [1.807, 2.05) is 0 Å². The third-order valence-electron chi connectivity index (χ3n) is 2.84. The fraction of sp³-hybridized carbons (Fsp3) is 0.417. The Morgan fingerprint density at radius 1 is 1.33 bits per heavy atom. The van der Waals surface area contributed by atoms with Gasteiger partial charge in [0.15, 0.2) is 0 Å². The predicted molar refractivity (Wildman–Crippen MR) is 56.0 cm³/mol. The lowest BCUT2D eigenvalue weighted by Gasteiger charge is -2.12. The predicted octanol–water partition coefficient (Wildman–Crippen LogP) is 2.86. The second-order valence-corrected chi connectivity index (χ2v) is 4.06. The van der Waals surface area contributed by atoms with Gasteiger partial charge in [0.05, 0.1) is 13.0 Å². The van der Waals surface area contributed by atoms with Gasteiger partial charge in [-0.3, -0.25) is 4.79 Å². The fourth-order valence-electron chi connectivity index (χ4n) is 1.96. The molecule has 1 saturated carbocycles. The Labute approximate surface area is 102 Å². The van der Waals surface area contributed by atoms with E-state index in [1.165, 1.54) is 25.3 Å². The van der Waals surface area contributed by atoms with Crippen LogP contribution in [0.2, 0.25) is 0 Å². The number of rotatable bonds is 3. The molecule has 0 radical (unpaired) electrons. The number of methoxy groups -OCH3 is 1. The number of hydrogen-bond donors (Lipinski definition) is 0. The van der Waals surface area contributed by atoms with E-state index in [9.17, 15) is 18.0 Å². The van der Waals surface area contributed by atoms with Crippen molar-refractivity contribution < 1.29 is 27.4 Å². The van der Waals surface area contributed by atoms with E-state index in [4.69, 9.17) is 0 Å².